The van der Waals surface area contributed by atoms with Crippen LogP contribution in [-0.4, -0.2) is 11.9 Å². The first-order valence-electron chi connectivity index (χ1n) is 6.79. The fourth-order valence-corrected chi connectivity index (χ4v) is 2.70. The number of hydrogen-bond acceptors (Lipinski definition) is 2. The van der Waals surface area contributed by atoms with Gasteiger partial charge in [0.1, 0.15) is 6.04 Å². The molecule has 0 aliphatic heterocycles. The van der Waals surface area contributed by atoms with Gasteiger partial charge in [0.15, 0.2) is 0 Å². The van der Waals surface area contributed by atoms with Crippen molar-refractivity contribution < 1.29 is 4.79 Å². The Balaban J connectivity index is 1.91. The van der Waals surface area contributed by atoms with Crippen LogP contribution in [-0.2, 0) is 4.79 Å². The number of nitrogens with two attached hydrogens (primary N) is 1. The highest BCUT2D eigenvalue weighted by atomic mass is 16.2. The summed E-state index contributed by atoms with van der Waals surface area (Å²) < 4.78 is 0. The van der Waals surface area contributed by atoms with Crippen molar-refractivity contribution in [1.82, 2.24) is 5.32 Å². The van der Waals surface area contributed by atoms with Crippen LogP contribution in [0.25, 0.3) is 0 Å². The summed E-state index contributed by atoms with van der Waals surface area (Å²) in [5.74, 6) is 0.553. The number of benzene rings is 1. The monoisotopic (exact) mass is 246 g/mol. The van der Waals surface area contributed by atoms with Crippen LogP contribution in [0.2, 0.25) is 0 Å². The predicted octanol–water partition coefficient (Wildman–Crippen LogP) is 2.38. The first kappa shape index (κ1) is 13.1. The van der Waals surface area contributed by atoms with Crippen molar-refractivity contribution in [2.45, 2.75) is 44.7 Å². The quantitative estimate of drug-likeness (QED) is 0.857. The van der Waals surface area contributed by atoms with Crippen LogP contribution in [0.4, 0.5) is 0 Å². The highest BCUT2D eigenvalue weighted by molar-refractivity contribution is 5.83. The molecular formula is C15H22N2O. The van der Waals surface area contributed by atoms with Gasteiger partial charge in [-0.3, -0.25) is 4.79 Å². The van der Waals surface area contributed by atoms with Gasteiger partial charge in [0.25, 0.3) is 0 Å². The van der Waals surface area contributed by atoms with Gasteiger partial charge in [0, 0.05) is 6.04 Å². The second kappa shape index (κ2) is 6.01. The number of carbonyl (C=O) groups is 1. The molecule has 98 valence electrons. The summed E-state index contributed by atoms with van der Waals surface area (Å²) in [5, 5.41) is 3.06. The Kier molecular flexibility index (Phi) is 4.37. The average Bonchev–Trinajstić information content (AvgIpc) is 2.92. The predicted molar refractivity (Wildman–Crippen MR) is 72.9 cm³/mol. The molecule has 3 nitrogen and oxygen atoms in total. The minimum atomic E-state index is -0.560. The Morgan fingerprint density at radius 2 is 1.89 bits per heavy atom. The lowest BCUT2D eigenvalue weighted by molar-refractivity contribution is -0.123. The number of hydrogen-bond donors (Lipinski definition) is 2. The Morgan fingerprint density at radius 1 is 1.28 bits per heavy atom. The van der Waals surface area contributed by atoms with Crippen LogP contribution in [0.15, 0.2) is 30.3 Å². The van der Waals surface area contributed by atoms with Crippen molar-refractivity contribution in [3.63, 3.8) is 0 Å². The van der Waals surface area contributed by atoms with E-state index in [2.05, 4.69) is 12.2 Å². The zero-order valence-corrected chi connectivity index (χ0v) is 10.9. The molecule has 3 heteroatoms. The second-order valence-corrected chi connectivity index (χ2v) is 5.23. The molecule has 3 N–H and O–H groups in total. The molecule has 1 aliphatic carbocycles. The molecule has 0 radical (unpaired) electrons. The smallest absolute Gasteiger partial charge is 0.241 e. The number of nitrogens with one attached hydrogen (secondary N) is 1. The molecule has 2 rings (SSSR count). The summed E-state index contributed by atoms with van der Waals surface area (Å²) >= 11 is 0. The second-order valence-electron chi connectivity index (χ2n) is 5.23. The maximum absolute atomic E-state index is 12.1. The molecule has 0 heterocycles. The molecular weight excluding hydrogens is 224 g/mol. The zero-order valence-electron chi connectivity index (χ0n) is 10.9. The normalized spacial score (nSPS) is 19.4. The molecule has 2 atom stereocenters. The van der Waals surface area contributed by atoms with Gasteiger partial charge in [-0.25, -0.2) is 0 Å². The van der Waals surface area contributed by atoms with Gasteiger partial charge in [-0.2, -0.15) is 0 Å². The van der Waals surface area contributed by atoms with Gasteiger partial charge >= 0.3 is 0 Å². The van der Waals surface area contributed by atoms with E-state index in [9.17, 15) is 4.79 Å². The van der Waals surface area contributed by atoms with Gasteiger partial charge in [0.2, 0.25) is 5.91 Å². The van der Waals surface area contributed by atoms with Crippen LogP contribution in [0.5, 0.6) is 0 Å². The zero-order chi connectivity index (χ0) is 13.0. The molecule has 1 unspecified atom stereocenters. The first-order chi connectivity index (χ1) is 8.68. The highest BCUT2D eigenvalue weighted by Gasteiger charge is 2.24. The summed E-state index contributed by atoms with van der Waals surface area (Å²) in [5.41, 5.74) is 6.84. The fourth-order valence-electron chi connectivity index (χ4n) is 2.70. The maximum atomic E-state index is 12.1. The molecule has 1 amide bonds. The maximum Gasteiger partial charge on any atom is 0.241 e. The Morgan fingerprint density at radius 3 is 2.50 bits per heavy atom. The third-order valence-electron chi connectivity index (χ3n) is 3.92. The van der Waals surface area contributed by atoms with Gasteiger partial charge in [-0.1, -0.05) is 43.2 Å². The number of carbonyl (C=O) groups excluding carboxylic acids is 1. The van der Waals surface area contributed by atoms with E-state index in [1.54, 1.807) is 0 Å². The van der Waals surface area contributed by atoms with E-state index in [4.69, 9.17) is 5.73 Å². The highest BCUT2D eigenvalue weighted by Crippen LogP contribution is 2.27. The van der Waals surface area contributed by atoms with E-state index < -0.39 is 6.04 Å². The molecule has 1 aliphatic rings. The third kappa shape index (κ3) is 3.10. The molecule has 0 aromatic heterocycles. The first-order valence-corrected chi connectivity index (χ1v) is 6.79. The lowest BCUT2D eigenvalue weighted by Crippen LogP contribution is -2.42. The summed E-state index contributed by atoms with van der Waals surface area (Å²) in [6.45, 7) is 2.09. The lowest BCUT2D eigenvalue weighted by Gasteiger charge is -2.22. The molecule has 1 fully saturated rings. The van der Waals surface area contributed by atoms with Crippen molar-refractivity contribution in [1.29, 1.82) is 0 Å². The molecule has 0 bridgehead atoms. The van der Waals surface area contributed by atoms with Gasteiger partial charge in [0.05, 0.1) is 0 Å². The van der Waals surface area contributed by atoms with E-state index in [-0.39, 0.29) is 11.9 Å². The van der Waals surface area contributed by atoms with E-state index in [0.29, 0.717) is 5.92 Å². The van der Waals surface area contributed by atoms with Crippen LogP contribution >= 0.6 is 0 Å². The van der Waals surface area contributed by atoms with Crippen molar-refractivity contribution in [3.8, 4) is 0 Å². The minimum absolute atomic E-state index is 0.0689. The number of amides is 1. The summed E-state index contributed by atoms with van der Waals surface area (Å²) in [6.07, 6.45) is 5.02. The van der Waals surface area contributed by atoms with E-state index in [1.165, 1.54) is 25.7 Å². The summed E-state index contributed by atoms with van der Waals surface area (Å²) in [7, 11) is 0. The van der Waals surface area contributed by atoms with E-state index in [1.807, 2.05) is 30.3 Å². The lowest BCUT2D eigenvalue weighted by atomic mass is 9.99. The Labute approximate surface area is 109 Å². The molecule has 0 saturated heterocycles. The standard InChI is InChI=1S/C15H22N2O/c1-11(12-7-5-6-8-12)17-15(18)14(16)13-9-3-2-4-10-13/h2-4,9-12,14H,5-8,16H2,1H3,(H,17,18)/t11?,14-/m1/s1. The SMILES string of the molecule is CC(NC(=O)[C@H](N)c1ccccc1)C1CCCC1. The average molecular weight is 246 g/mol. The summed E-state index contributed by atoms with van der Waals surface area (Å²) in [4.78, 5) is 12.1. The third-order valence-corrected chi connectivity index (χ3v) is 3.92. The molecule has 1 aromatic rings. The largest absolute Gasteiger partial charge is 0.352 e. The Hall–Kier alpha value is -1.35. The van der Waals surface area contributed by atoms with E-state index in [0.717, 1.165) is 5.56 Å². The van der Waals surface area contributed by atoms with Crippen molar-refractivity contribution >= 4 is 5.91 Å². The molecule has 1 saturated carbocycles. The Bertz CT molecular complexity index is 385. The van der Waals surface area contributed by atoms with Crippen molar-refractivity contribution in [2.75, 3.05) is 0 Å². The van der Waals surface area contributed by atoms with Crippen molar-refractivity contribution in [2.24, 2.45) is 11.7 Å². The van der Waals surface area contributed by atoms with Crippen LogP contribution in [0.1, 0.15) is 44.2 Å². The molecule has 0 spiro atoms. The molecule has 18 heavy (non-hydrogen) atoms. The van der Waals surface area contributed by atoms with Crippen molar-refractivity contribution in [3.05, 3.63) is 35.9 Å². The summed E-state index contributed by atoms with van der Waals surface area (Å²) in [6, 6.07) is 9.19. The van der Waals surface area contributed by atoms with Gasteiger partial charge in [-0.15, -0.1) is 0 Å². The van der Waals surface area contributed by atoms with Crippen LogP contribution in [0, 0.1) is 5.92 Å². The van der Waals surface area contributed by atoms with Gasteiger partial charge in [-0.05, 0) is 31.2 Å². The minimum Gasteiger partial charge on any atom is -0.352 e. The van der Waals surface area contributed by atoms with Gasteiger partial charge < -0.3 is 11.1 Å². The number of rotatable bonds is 4. The van der Waals surface area contributed by atoms with Crippen LogP contribution in [0.3, 0.4) is 0 Å². The fraction of sp³-hybridized carbons (Fsp3) is 0.533. The van der Waals surface area contributed by atoms with E-state index >= 15 is 0 Å². The molecule has 1 aromatic carbocycles. The topological polar surface area (TPSA) is 55.1 Å². The van der Waals surface area contributed by atoms with Crippen LogP contribution < -0.4 is 11.1 Å².